The van der Waals surface area contributed by atoms with Gasteiger partial charge in [-0.25, -0.2) is 14.8 Å². The van der Waals surface area contributed by atoms with Gasteiger partial charge in [-0.1, -0.05) is 73.5 Å². The molecular weight excluding hydrogens is 426 g/mol. The van der Waals surface area contributed by atoms with Gasteiger partial charge in [-0.15, -0.1) is 0 Å². The summed E-state index contributed by atoms with van der Waals surface area (Å²) in [6.07, 6.45) is 4.22. The van der Waals surface area contributed by atoms with E-state index >= 15 is 0 Å². The Bertz CT molecular complexity index is 1320. The monoisotopic (exact) mass is 451 g/mol. The number of esters is 1. The molecule has 6 heteroatoms. The van der Waals surface area contributed by atoms with Crippen LogP contribution in [0.2, 0.25) is 0 Å². The Balaban J connectivity index is 1.42. The Kier molecular flexibility index (Phi) is 6.29. The van der Waals surface area contributed by atoms with E-state index in [9.17, 15) is 9.59 Å². The molecule has 3 aromatic carbocycles. The van der Waals surface area contributed by atoms with Crippen molar-refractivity contribution in [2.45, 2.75) is 31.7 Å². The summed E-state index contributed by atoms with van der Waals surface area (Å²) in [7, 11) is 0. The van der Waals surface area contributed by atoms with Crippen LogP contribution < -0.4 is 5.32 Å². The van der Waals surface area contributed by atoms with Crippen LogP contribution in [0.15, 0.2) is 78.9 Å². The third kappa shape index (κ3) is 4.81. The van der Waals surface area contributed by atoms with Crippen molar-refractivity contribution in [2.24, 2.45) is 0 Å². The molecule has 34 heavy (non-hydrogen) atoms. The van der Waals surface area contributed by atoms with Crippen LogP contribution in [0, 0.1) is 0 Å². The lowest BCUT2D eigenvalue weighted by atomic mass is 10.0. The van der Waals surface area contributed by atoms with Gasteiger partial charge < -0.3 is 10.1 Å². The largest absolute Gasteiger partial charge is 0.452 e. The number of carbonyl (C=O) groups excluding carboxylic acids is 2. The van der Waals surface area contributed by atoms with Crippen molar-refractivity contribution in [1.82, 2.24) is 15.3 Å². The molecule has 1 amide bonds. The highest BCUT2D eigenvalue weighted by Crippen LogP contribution is 2.31. The standard InChI is InChI=1S/C28H25N3O3/c32-25(29-22-13-7-8-14-22)18-34-28(33)21-15-16-23-24(17-21)31-27(20-11-5-2-6-12-20)26(30-23)19-9-3-1-4-10-19/h1-6,9-12,15-17,22H,7-8,13-14,18H2,(H,29,32). The van der Waals surface area contributed by atoms with Crippen molar-refractivity contribution in [2.75, 3.05) is 6.61 Å². The van der Waals surface area contributed by atoms with E-state index in [1.807, 2.05) is 60.7 Å². The Morgan fingerprint density at radius 2 is 1.38 bits per heavy atom. The van der Waals surface area contributed by atoms with Gasteiger partial charge in [0.1, 0.15) is 0 Å². The number of carbonyl (C=O) groups is 2. The topological polar surface area (TPSA) is 81.2 Å². The molecule has 6 nitrogen and oxygen atoms in total. The smallest absolute Gasteiger partial charge is 0.338 e. The van der Waals surface area contributed by atoms with Crippen molar-refractivity contribution in [3.63, 3.8) is 0 Å². The zero-order chi connectivity index (χ0) is 23.3. The van der Waals surface area contributed by atoms with E-state index in [2.05, 4.69) is 5.32 Å². The van der Waals surface area contributed by atoms with Gasteiger partial charge in [0.2, 0.25) is 0 Å². The molecule has 4 aromatic rings. The number of hydrogen-bond acceptors (Lipinski definition) is 5. The van der Waals surface area contributed by atoms with Crippen LogP contribution >= 0.6 is 0 Å². The molecule has 1 aromatic heterocycles. The van der Waals surface area contributed by atoms with Crippen LogP contribution in [-0.2, 0) is 9.53 Å². The molecule has 0 bridgehead atoms. The number of amides is 1. The molecular formula is C28H25N3O3. The lowest BCUT2D eigenvalue weighted by Gasteiger charge is -2.12. The molecule has 1 aliphatic rings. The van der Waals surface area contributed by atoms with Gasteiger partial charge in [-0.05, 0) is 31.0 Å². The van der Waals surface area contributed by atoms with Gasteiger partial charge in [0.15, 0.2) is 6.61 Å². The molecule has 1 heterocycles. The highest BCUT2D eigenvalue weighted by atomic mass is 16.5. The molecule has 0 spiro atoms. The van der Waals surface area contributed by atoms with E-state index in [0.717, 1.165) is 48.2 Å². The molecule has 1 saturated carbocycles. The normalized spacial score (nSPS) is 13.6. The van der Waals surface area contributed by atoms with E-state index in [-0.39, 0.29) is 18.6 Å². The van der Waals surface area contributed by atoms with Crippen LogP contribution in [0.1, 0.15) is 36.0 Å². The first kappa shape index (κ1) is 21.8. The maximum absolute atomic E-state index is 12.6. The molecule has 5 rings (SSSR count). The van der Waals surface area contributed by atoms with E-state index in [1.54, 1.807) is 18.2 Å². The predicted octanol–water partition coefficient (Wildman–Crippen LogP) is 5.18. The maximum Gasteiger partial charge on any atom is 0.338 e. The molecule has 0 aliphatic heterocycles. The van der Waals surface area contributed by atoms with Crippen LogP contribution in [-0.4, -0.2) is 34.5 Å². The van der Waals surface area contributed by atoms with Gasteiger partial charge in [-0.2, -0.15) is 0 Å². The van der Waals surface area contributed by atoms with Crippen molar-refractivity contribution in [1.29, 1.82) is 0 Å². The molecule has 0 saturated heterocycles. The summed E-state index contributed by atoms with van der Waals surface area (Å²) in [6.45, 7) is -0.290. The second-order valence-electron chi connectivity index (χ2n) is 8.48. The lowest BCUT2D eigenvalue weighted by Crippen LogP contribution is -2.35. The zero-order valence-electron chi connectivity index (χ0n) is 18.7. The molecule has 1 fully saturated rings. The highest BCUT2D eigenvalue weighted by molar-refractivity contribution is 5.96. The maximum atomic E-state index is 12.6. The second kappa shape index (κ2) is 9.83. The number of aromatic nitrogens is 2. The molecule has 0 radical (unpaired) electrons. The summed E-state index contributed by atoms with van der Waals surface area (Å²) in [6, 6.07) is 25.0. The first-order valence-electron chi connectivity index (χ1n) is 11.6. The van der Waals surface area contributed by atoms with Gasteiger partial charge in [0.05, 0.1) is 28.0 Å². The van der Waals surface area contributed by atoms with Crippen LogP contribution in [0.5, 0.6) is 0 Å². The van der Waals surface area contributed by atoms with Gasteiger partial charge >= 0.3 is 5.97 Å². The Morgan fingerprint density at radius 1 is 0.794 bits per heavy atom. The number of nitrogens with zero attached hydrogens (tertiary/aromatic N) is 2. The van der Waals surface area contributed by atoms with E-state index in [4.69, 9.17) is 14.7 Å². The quantitative estimate of drug-likeness (QED) is 0.409. The molecule has 0 atom stereocenters. The predicted molar refractivity (Wildman–Crippen MR) is 131 cm³/mol. The molecule has 1 aliphatic carbocycles. The SMILES string of the molecule is O=C(COC(=O)c1ccc2nc(-c3ccccc3)c(-c3ccccc3)nc2c1)NC1CCCC1. The fraction of sp³-hybridized carbons (Fsp3) is 0.214. The van der Waals surface area contributed by atoms with Gasteiger partial charge in [0.25, 0.3) is 5.91 Å². The zero-order valence-corrected chi connectivity index (χ0v) is 18.7. The minimum Gasteiger partial charge on any atom is -0.452 e. The first-order chi connectivity index (χ1) is 16.7. The molecule has 0 unspecified atom stereocenters. The van der Waals surface area contributed by atoms with Crippen molar-refractivity contribution in [3.8, 4) is 22.5 Å². The fourth-order valence-electron chi connectivity index (χ4n) is 4.33. The number of nitrogens with one attached hydrogen (secondary N) is 1. The minimum atomic E-state index is -0.557. The average Bonchev–Trinajstić information content (AvgIpc) is 3.40. The van der Waals surface area contributed by atoms with Crippen LogP contribution in [0.25, 0.3) is 33.5 Å². The summed E-state index contributed by atoms with van der Waals surface area (Å²) in [5.74, 6) is -0.821. The summed E-state index contributed by atoms with van der Waals surface area (Å²) in [5.41, 5.74) is 5.01. The fourth-order valence-corrected chi connectivity index (χ4v) is 4.33. The number of fused-ring (bicyclic) bond motifs is 1. The summed E-state index contributed by atoms with van der Waals surface area (Å²) >= 11 is 0. The lowest BCUT2D eigenvalue weighted by molar-refractivity contribution is -0.124. The summed E-state index contributed by atoms with van der Waals surface area (Å²) in [5, 5.41) is 2.92. The molecule has 170 valence electrons. The van der Waals surface area contributed by atoms with Crippen LogP contribution in [0.4, 0.5) is 0 Å². The van der Waals surface area contributed by atoms with Gasteiger partial charge in [-0.3, -0.25) is 4.79 Å². The second-order valence-corrected chi connectivity index (χ2v) is 8.48. The van der Waals surface area contributed by atoms with Crippen molar-refractivity contribution >= 4 is 22.9 Å². The van der Waals surface area contributed by atoms with Crippen molar-refractivity contribution < 1.29 is 14.3 Å². The number of hydrogen-bond donors (Lipinski definition) is 1. The average molecular weight is 452 g/mol. The minimum absolute atomic E-state index is 0.192. The van der Waals surface area contributed by atoms with E-state index < -0.39 is 5.97 Å². The van der Waals surface area contributed by atoms with E-state index in [0.29, 0.717) is 16.6 Å². The van der Waals surface area contributed by atoms with Crippen LogP contribution in [0.3, 0.4) is 0 Å². The third-order valence-electron chi connectivity index (χ3n) is 6.05. The molecule has 1 N–H and O–H groups in total. The highest BCUT2D eigenvalue weighted by Gasteiger charge is 2.19. The number of benzene rings is 3. The van der Waals surface area contributed by atoms with E-state index in [1.165, 1.54) is 0 Å². The number of rotatable bonds is 6. The Hall–Kier alpha value is -4.06. The Morgan fingerprint density at radius 3 is 2.00 bits per heavy atom. The first-order valence-corrected chi connectivity index (χ1v) is 11.6. The van der Waals surface area contributed by atoms with Crippen molar-refractivity contribution in [3.05, 3.63) is 84.4 Å². The Labute approximate surface area is 198 Å². The summed E-state index contributed by atoms with van der Waals surface area (Å²) < 4.78 is 5.26. The summed E-state index contributed by atoms with van der Waals surface area (Å²) in [4.78, 5) is 34.5. The van der Waals surface area contributed by atoms with Gasteiger partial charge in [0, 0.05) is 17.2 Å². The number of ether oxygens (including phenoxy) is 1. The third-order valence-corrected chi connectivity index (χ3v) is 6.05.